The van der Waals surface area contributed by atoms with Gasteiger partial charge in [-0.3, -0.25) is 10.1 Å². The van der Waals surface area contributed by atoms with E-state index in [1.54, 1.807) is 0 Å². The third kappa shape index (κ3) is 2.72. The number of nitrogens with zero attached hydrogens (tertiary/aromatic N) is 3. The predicted octanol–water partition coefficient (Wildman–Crippen LogP) is 2.50. The first-order valence-corrected chi connectivity index (χ1v) is 6.29. The van der Waals surface area contributed by atoms with E-state index in [9.17, 15) is 14.9 Å². The number of aryl methyl sites for hydroxylation is 2. The molecule has 0 atom stereocenters. The Morgan fingerprint density at radius 2 is 2.20 bits per heavy atom. The molecule has 2 heterocycles. The van der Waals surface area contributed by atoms with Crippen molar-refractivity contribution in [2.45, 2.75) is 13.8 Å². The molecule has 0 amide bonds. The van der Waals surface area contributed by atoms with Crippen molar-refractivity contribution in [1.82, 2.24) is 9.97 Å². The van der Waals surface area contributed by atoms with E-state index in [0.29, 0.717) is 5.13 Å². The maximum absolute atomic E-state index is 11.0. The van der Waals surface area contributed by atoms with Crippen molar-refractivity contribution in [2.24, 2.45) is 0 Å². The van der Waals surface area contributed by atoms with Crippen LogP contribution in [0.15, 0.2) is 12.3 Å². The van der Waals surface area contributed by atoms with Crippen molar-refractivity contribution in [2.75, 3.05) is 5.32 Å². The quantitative estimate of drug-likeness (QED) is 0.656. The Morgan fingerprint density at radius 1 is 1.50 bits per heavy atom. The lowest BCUT2D eigenvalue weighted by molar-refractivity contribution is -0.385. The molecule has 0 unspecified atom stereocenters. The van der Waals surface area contributed by atoms with Crippen molar-refractivity contribution < 1.29 is 14.8 Å². The minimum atomic E-state index is -1.38. The summed E-state index contributed by atoms with van der Waals surface area (Å²) in [6, 6.07) is 1.12. The highest BCUT2D eigenvalue weighted by atomic mass is 32.1. The fourth-order valence-electron chi connectivity index (χ4n) is 1.47. The molecule has 0 fully saturated rings. The van der Waals surface area contributed by atoms with Gasteiger partial charge >= 0.3 is 11.7 Å². The van der Waals surface area contributed by atoms with Crippen molar-refractivity contribution in [3.8, 4) is 0 Å². The molecule has 2 aromatic rings. The average Bonchev–Trinajstić information content (AvgIpc) is 2.67. The van der Waals surface area contributed by atoms with E-state index in [2.05, 4.69) is 15.3 Å². The summed E-state index contributed by atoms with van der Waals surface area (Å²) in [6.45, 7) is 3.76. The summed E-state index contributed by atoms with van der Waals surface area (Å²) in [4.78, 5) is 30.0. The van der Waals surface area contributed by atoms with Gasteiger partial charge in [0.15, 0.2) is 5.13 Å². The Morgan fingerprint density at radius 3 is 2.70 bits per heavy atom. The summed E-state index contributed by atoms with van der Waals surface area (Å²) in [7, 11) is 0. The molecule has 0 spiro atoms. The van der Waals surface area contributed by atoms with E-state index in [1.165, 1.54) is 11.3 Å². The van der Waals surface area contributed by atoms with Gasteiger partial charge < -0.3 is 10.4 Å². The molecule has 9 heteroatoms. The van der Waals surface area contributed by atoms with Crippen molar-refractivity contribution in [1.29, 1.82) is 0 Å². The number of aromatic nitrogens is 2. The minimum absolute atomic E-state index is 0.196. The third-order valence-corrected chi connectivity index (χ3v) is 3.56. The van der Waals surface area contributed by atoms with Crippen LogP contribution in [-0.2, 0) is 0 Å². The SMILES string of the molecule is Cc1nc(Nc2cc(C(=O)O)c([N+](=O)[O-])cn2)sc1C. The van der Waals surface area contributed by atoms with Gasteiger partial charge in [-0.2, -0.15) is 0 Å². The molecule has 8 nitrogen and oxygen atoms in total. The van der Waals surface area contributed by atoms with Crippen LogP contribution in [-0.4, -0.2) is 26.0 Å². The number of rotatable bonds is 4. The van der Waals surface area contributed by atoms with Crippen molar-refractivity contribution in [3.05, 3.63) is 38.5 Å². The molecular formula is C11H10N4O4S. The lowest BCUT2D eigenvalue weighted by Crippen LogP contribution is -2.05. The topological polar surface area (TPSA) is 118 Å². The van der Waals surface area contributed by atoms with Crippen LogP contribution >= 0.6 is 11.3 Å². The van der Waals surface area contributed by atoms with Crippen LogP contribution in [0.5, 0.6) is 0 Å². The zero-order chi connectivity index (χ0) is 14.9. The Hall–Kier alpha value is -2.55. The molecule has 0 bridgehead atoms. The monoisotopic (exact) mass is 294 g/mol. The molecule has 2 N–H and O–H groups in total. The first-order chi connectivity index (χ1) is 9.38. The lowest BCUT2D eigenvalue weighted by Gasteiger charge is -2.03. The Kier molecular flexibility index (Phi) is 3.61. The molecule has 0 aliphatic heterocycles. The molecule has 0 saturated heterocycles. The highest BCUT2D eigenvalue weighted by Gasteiger charge is 2.21. The van der Waals surface area contributed by atoms with E-state index in [-0.39, 0.29) is 5.82 Å². The number of nitro groups is 1. The van der Waals surface area contributed by atoms with Gasteiger partial charge in [-0.15, -0.1) is 11.3 Å². The third-order valence-electron chi connectivity index (χ3n) is 2.57. The van der Waals surface area contributed by atoms with Crippen LogP contribution in [0, 0.1) is 24.0 Å². The summed E-state index contributed by atoms with van der Waals surface area (Å²) < 4.78 is 0. The van der Waals surface area contributed by atoms with Crippen LogP contribution < -0.4 is 5.32 Å². The smallest absolute Gasteiger partial charge is 0.342 e. The number of anilines is 2. The number of thiazole rings is 1. The second-order valence-corrected chi connectivity index (χ2v) is 5.14. The Bertz CT molecular complexity index is 678. The molecule has 0 saturated carbocycles. The zero-order valence-corrected chi connectivity index (χ0v) is 11.4. The Balaban J connectivity index is 2.36. The maximum atomic E-state index is 11.0. The van der Waals surface area contributed by atoms with Gasteiger partial charge in [0.25, 0.3) is 0 Å². The van der Waals surface area contributed by atoms with Crippen molar-refractivity contribution in [3.63, 3.8) is 0 Å². The average molecular weight is 294 g/mol. The van der Waals surface area contributed by atoms with Crippen molar-refractivity contribution >= 4 is 33.9 Å². The highest BCUT2D eigenvalue weighted by Crippen LogP contribution is 2.26. The van der Waals surface area contributed by atoms with Crippen LogP contribution in [0.3, 0.4) is 0 Å². The summed E-state index contributed by atoms with van der Waals surface area (Å²) in [5.41, 5.74) is -0.107. The molecule has 0 radical (unpaired) electrons. The number of carboxylic acids is 1. The number of pyridine rings is 1. The summed E-state index contributed by atoms with van der Waals surface area (Å²) in [5, 5.41) is 23.1. The molecule has 0 aliphatic carbocycles. The van der Waals surface area contributed by atoms with E-state index < -0.39 is 22.1 Å². The molecule has 20 heavy (non-hydrogen) atoms. The van der Waals surface area contributed by atoms with Gasteiger partial charge in [0.1, 0.15) is 17.6 Å². The number of aromatic carboxylic acids is 1. The second kappa shape index (κ2) is 5.21. The number of carboxylic acid groups (broad SMARTS) is 1. The largest absolute Gasteiger partial charge is 0.477 e. The van der Waals surface area contributed by atoms with Gasteiger partial charge in [0, 0.05) is 10.9 Å². The van der Waals surface area contributed by atoms with Crippen LogP contribution in [0.1, 0.15) is 20.9 Å². The second-order valence-electron chi connectivity index (χ2n) is 3.93. The standard InChI is InChI=1S/C11H10N4O4S/c1-5-6(2)20-11(13-5)14-9-3-7(10(16)17)8(4-12-9)15(18)19/h3-4H,1-2H3,(H,16,17)(H,12,13,14). The zero-order valence-electron chi connectivity index (χ0n) is 10.6. The first-order valence-electron chi connectivity index (χ1n) is 5.47. The first kappa shape index (κ1) is 13.9. The fourth-order valence-corrected chi connectivity index (χ4v) is 2.29. The van der Waals surface area contributed by atoms with Crippen LogP contribution in [0.25, 0.3) is 0 Å². The van der Waals surface area contributed by atoms with E-state index in [4.69, 9.17) is 5.11 Å². The molecule has 2 rings (SSSR count). The van der Waals surface area contributed by atoms with Crippen LogP contribution in [0.2, 0.25) is 0 Å². The predicted molar refractivity (Wildman–Crippen MR) is 72.7 cm³/mol. The number of carbonyl (C=O) groups is 1. The molecule has 0 aromatic carbocycles. The Labute approximate surface area is 117 Å². The maximum Gasteiger partial charge on any atom is 0.342 e. The van der Waals surface area contributed by atoms with Crippen LogP contribution in [0.4, 0.5) is 16.6 Å². The lowest BCUT2D eigenvalue weighted by atomic mass is 10.2. The van der Waals surface area contributed by atoms with E-state index in [1.807, 2.05) is 13.8 Å². The van der Waals surface area contributed by atoms with E-state index >= 15 is 0 Å². The minimum Gasteiger partial charge on any atom is -0.477 e. The fraction of sp³-hybridized carbons (Fsp3) is 0.182. The summed E-state index contributed by atoms with van der Waals surface area (Å²) in [6.07, 6.45) is 0.916. The number of hydrogen-bond donors (Lipinski definition) is 2. The van der Waals surface area contributed by atoms with Gasteiger partial charge in [-0.05, 0) is 13.8 Å². The van der Waals surface area contributed by atoms with E-state index in [0.717, 1.165) is 22.8 Å². The molecule has 2 aromatic heterocycles. The normalized spacial score (nSPS) is 10.3. The van der Waals surface area contributed by atoms with Gasteiger partial charge in [-0.1, -0.05) is 0 Å². The molecule has 104 valence electrons. The summed E-state index contributed by atoms with van der Waals surface area (Å²) in [5.74, 6) is -1.18. The van der Waals surface area contributed by atoms with Gasteiger partial charge in [0.2, 0.25) is 0 Å². The van der Waals surface area contributed by atoms with Gasteiger partial charge in [-0.25, -0.2) is 14.8 Å². The molecular weight excluding hydrogens is 284 g/mol. The number of hydrogen-bond acceptors (Lipinski definition) is 7. The summed E-state index contributed by atoms with van der Waals surface area (Å²) >= 11 is 1.39. The number of nitrogens with one attached hydrogen (secondary N) is 1. The highest BCUT2D eigenvalue weighted by molar-refractivity contribution is 7.15. The molecule has 0 aliphatic rings. The van der Waals surface area contributed by atoms with Gasteiger partial charge in [0.05, 0.1) is 10.6 Å².